The van der Waals surface area contributed by atoms with E-state index in [1.807, 2.05) is 25.1 Å². The van der Waals surface area contributed by atoms with Crippen molar-refractivity contribution in [3.63, 3.8) is 0 Å². The minimum absolute atomic E-state index is 0.129. The third kappa shape index (κ3) is 4.65. The van der Waals surface area contributed by atoms with E-state index in [1.54, 1.807) is 18.2 Å². The number of anilines is 1. The Hall–Kier alpha value is -1.72. The molecule has 1 amide bonds. The van der Waals surface area contributed by atoms with E-state index in [2.05, 4.69) is 26.6 Å². The average molecular weight is 351 g/mol. The normalized spacial score (nSPS) is 10.4. The van der Waals surface area contributed by atoms with Crippen molar-refractivity contribution in [2.75, 3.05) is 11.9 Å². The van der Waals surface area contributed by atoms with Crippen molar-refractivity contribution < 1.29 is 9.18 Å². The first-order valence-corrected chi connectivity index (χ1v) is 7.35. The Morgan fingerprint density at radius 1 is 1.24 bits per heavy atom. The van der Waals surface area contributed by atoms with Crippen molar-refractivity contribution in [3.05, 3.63) is 63.9 Å². The Morgan fingerprint density at radius 2 is 2.00 bits per heavy atom. The lowest BCUT2D eigenvalue weighted by atomic mass is 10.2. The number of benzene rings is 2. The van der Waals surface area contributed by atoms with Gasteiger partial charge in [0.05, 0.1) is 6.54 Å². The van der Waals surface area contributed by atoms with Crippen molar-refractivity contribution in [2.45, 2.75) is 13.5 Å². The second-order valence-electron chi connectivity index (χ2n) is 4.70. The molecule has 0 aliphatic carbocycles. The summed E-state index contributed by atoms with van der Waals surface area (Å²) >= 11 is 3.38. The first-order chi connectivity index (χ1) is 10.1. The number of aryl methyl sites for hydroxylation is 1. The largest absolute Gasteiger partial charge is 0.325 e. The van der Waals surface area contributed by atoms with Gasteiger partial charge in [-0.15, -0.1) is 0 Å². The van der Waals surface area contributed by atoms with Gasteiger partial charge in [0.25, 0.3) is 0 Å². The van der Waals surface area contributed by atoms with Crippen LogP contribution in [0.2, 0.25) is 0 Å². The van der Waals surface area contributed by atoms with Gasteiger partial charge in [-0.1, -0.05) is 34.1 Å². The van der Waals surface area contributed by atoms with Gasteiger partial charge in [0.1, 0.15) is 5.82 Å². The van der Waals surface area contributed by atoms with Crippen LogP contribution >= 0.6 is 15.9 Å². The smallest absolute Gasteiger partial charge is 0.238 e. The van der Waals surface area contributed by atoms with Gasteiger partial charge in [0.15, 0.2) is 0 Å². The number of halogens is 2. The predicted molar refractivity (Wildman–Crippen MR) is 85.6 cm³/mol. The summed E-state index contributed by atoms with van der Waals surface area (Å²) in [7, 11) is 0. The molecule has 5 heteroatoms. The molecule has 2 N–H and O–H groups in total. The number of hydrogen-bond acceptors (Lipinski definition) is 2. The van der Waals surface area contributed by atoms with Crippen LogP contribution in [0.3, 0.4) is 0 Å². The van der Waals surface area contributed by atoms with Gasteiger partial charge in [0.2, 0.25) is 5.91 Å². The molecule has 0 aromatic heterocycles. The Kier molecular flexibility index (Phi) is 5.47. The number of amides is 1. The highest BCUT2D eigenvalue weighted by atomic mass is 79.9. The van der Waals surface area contributed by atoms with Crippen molar-refractivity contribution in [2.24, 2.45) is 0 Å². The van der Waals surface area contributed by atoms with Crippen LogP contribution in [-0.2, 0) is 11.3 Å². The molecule has 0 aliphatic rings. The van der Waals surface area contributed by atoms with Gasteiger partial charge < -0.3 is 10.6 Å². The van der Waals surface area contributed by atoms with Crippen LogP contribution in [0, 0.1) is 12.7 Å². The van der Waals surface area contributed by atoms with Gasteiger partial charge in [-0.25, -0.2) is 4.39 Å². The zero-order valence-corrected chi connectivity index (χ0v) is 13.2. The Bertz CT molecular complexity index is 646. The molecule has 21 heavy (non-hydrogen) atoms. The van der Waals surface area contributed by atoms with Crippen molar-refractivity contribution in [1.29, 1.82) is 0 Å². The maximum atomic E-state index is 13.4. The summed E-state index contributed by atoms with van der Waals surface area (Å²) in [4.78, 5) is 11.8. The first kappa shape index (κ1) is 15.7. The zero-order valence-electron chi connectivity index (χ0n) is 11.6. The summed E-state index contributed by atoms with van der Waals surface area (Å²) in [5.74, 6) is -0.425. The number of hydrogen-bond donors (Lipinski definition) is 2. The summed E-state index contributed by atoms with van der Waals surface area (Å²) in [6.45, 7) is 2.37. The SMILES string of the molecule is Cc1cc(Br)ccc1NC(=O)CNCc1ccccc1F. The van der Waals surface area contributed by atoms with E-state index in [4.69, 9.17) is 0 Å². The quantitative estimate of drug-likeness (QED) is 0.864. The molecule has 0 bridgehead atoms. The maximum Gasteiger partial charge on any atom is 0.238 e. The lowest BCUT2D eigenvalue weighted by Gasteiger charge is -2.10. The molecule has 2 aromatic carbocycles. The van der Waals surface area contributed by atoms with E-state index in [-0.39, 0.29) is 18.3 Å². The van der Waals surface area contributed by atoms with E-state index in [1.165, 1.54) is 6.07 Å². The molecule has 3 nitrogen and oxygen atoms in total. The molecule has 0 atom stereocenters. The van der Waals surface area contributed by atoms with Crippen LogP contribution in [0.5, 0.6) is 0 Å². The van der Waals surface area contributed by atoms with E-state index in [9.17, 15) is 9.18 Å². The molecule has 0 saturated heterocycles. The van der Waals surface area contributed by atoms with Gasteiger partial charge in [-0.05, 0) is 36.8 Å². The molecule has 110 valence electrons. The van der Waals surface area contributed by atoms with Crippen LogP contribution in [0.4, 0.5) is 10.1 Å². The molecule has 0 unspecified atom stereocenters. The molecule has 0 saturated carbocycles. The fourth-order valence-electron chi connectivity index (χ4n) is 1.91. The lowest BCUT2D eigenvalue weighted by Crippen LogP contribution is -2.28. The summed E-state index contributed by atoms with van der Waals surface area (Å²) in [5.41, 5.74) is 2.30. The van der Waals surface area contributed by atoms with Crippen LogP contribution in [0.1, 0.15) is 11.1 Å². The molecule has 0 radical (unpaired) electrons. The van der Waals surface area contributed by atoms with Crippen molar-refractivity contribution in [1.82, 2.24) is 5.32 Å². The molecule has 2 rings (SSSR count). The summed E-state index contributed by atoms with van der Waals surface area (Å²) in [6.07, 6.45) is 0. The summed E-state index contributed by atoms with van der Waals surface area (Å²) in [5, 5.41) is 5.75. The highest BCUT2D eigenvalue weighted by Gasteiger charge is 2.06. The van der Waals surface area contributed by atoms with Gasteiger partial charge in [-0.2, -0.15) is 0 Å². The Balaban J connectivity index is 1.84. The minimum Gasteiger partial charge on any atom is -0.325 e. The van der Waals surface area contributed by atoms with E-state index < -0.39 is 0 Å². The van der Waals surface area contributed by atoms with Gasteiger partial charge in [-0.3, -0.25) is 4.79 Å². The van der Waals surface area contributed by atoms with E-state index in [0.29, 0.717) is 12.1 Å². The molecular formula is C16H16BrFN2O. The molecule has 0 spiro atoms. The first-order valence-electron chi connectivity index (χ1n) is 6.56. The third-order valence-electron chi connectivity index (χ3n) is 3.02. The monoisotopic (exact) mass is 350 g/mol. The van der Waals surface area contributed by atoms with E-state index >= 15 is 0 Å². The molecule has 2 aromatic rings. The molecular weight excluding hydrogens is 335 g/mol. The highest BCUT2D eigenvalue weighted by Crippen LogP contribution is 2.19. The fraction of sp³-hybridized carbons (Fsp3) is 0.188. The molecule has 0 aliphatic heterocycles. The zero-order chi connectivity index (χ0) is 15.2. The van der Waals surface area contributed by atoms with Crippen LogP contribution < -0.4 is 10.6 Å². The second-order valence-corrected chi connectivity index (χ2v) is 5.62. The topological polar surface area (TPSA) is 41.1 Å². The summed E-state index contributed by atoms with van der Waals surface area (Å²) in [6, 6.07) is 12.2. The minimum atomic E-state index is -0.269. The second kappa shape index (κ2) is 7.33. The summed E-state index contributed by atoms with van der Waals surface area (Å²) < 4.78 is 14.4. The Labute approximate surface area is 131 Å². The predicted octanol–water partition coefficient (Wildman–Crippen LogP) is 3.62. The lowest BCUT2D eigenvalue weighted by molar-refractivity contribution is -0.115. The van der Waals surface area contributed by atoms with Crippen LogP contribution in [0.15, 0.2) is 46.9 Å². The Morgan fingerprint density at radius 3 is 2.71 bits per heavy atom. The van der Waals surface area contributed by atoms with E-state index in [0.717, 1.165) is 15.7 Å². The van der Waals surface area contributed by atoms with Gasteiger partial charge >= 0.3 is 0 Å². The van der Waals surface area contributed by atoms with Crippen LogP contribution in [-0.4, -0.2) is 12.5 Å². The third-order valence-corrected chi connectivity index (χ3v) is 3.51. The molecule has 0 heterocycles. The maximum absolute atomic E-state index is 13.4. The standard InChI is InChI=1S/C16H16BrFN2O/c1-11-8-13(17)6-7-15(11)20-16(21)10-19-9-12-4-2-3-5-14(12)18/h2-8,19H,9-10H2,1H3,(H,20,21). The average Bonchev–Trinajstić information content (AvgIpc) is 2.44. The number of rotatable bonds is 5. The fourth-order valence-corrected chi connectivity index (χ4v) is 2.39. The number of carbonyl (C=O) groups is 1. The van der Waals surface area contributed by atoms with Crippen molar-refractivity contribution in [3.8, 4) is 0 Å². The molecule has 0 fully saturated rings. The van der Waals surface area contributed by atoms with Crippen molar-refractivity contribution >= 4 is 27.5 Å². The highest BCUT2D eigenvalue weighted by molar-refractivity contribution is 9.10. The van der Waals surface area contributed by atoms with Gasteiger partial charge in [0, 0.05) is 22.3 Å². The van der Waals surface area contributed by atoms with Crippen LogP contribution in [0.25, 0.3) is 0 Å². The number of carbonyl (C=O) groups excluding carboxylic acids is 1. The number of nitrogens with one attached hydrogen (secondary N) is 2.